The summed E-state index contributed by atoms with van der Waals surface area (Å²) in [5.41, 5.74) is 1.38. The molecule has 0 aliphatic heterocycles. The van der Waals surface area contributed by atoms with Gasteiger partial charge >= 0.3 is 0 Å². The van der Waals surface area contributed by atoms with Crippen molar-refractivity contribution in [2.24, 2.45) is 5.92 Å². The van der Waals surface area contributed by atoms with E-state index in [4.69, 9.17) is 0 Å². The largest absolute Gasteiger partial charge is 0.0897 e. The van der Waals surface area contributed by atoms with Crippen molar-refractivity contribution in [3.05, 3.63) is 60.2 Å². The van der Waals surface area contributed by atoms with E-state index in [1.807, 2.05) is 21.6 Å². The molecule has 98 valence electrons. The molecule has 0 amide bonds. The number of hydrogen-bond acceptors (Lipinski definition) is 2. The SMILES string of the molecule is CC(C)C=CCSSCC=CCc1ccccc1. The molecule has 0 saturated heterocycles. The van der Waals surface area contributed by atoms with Crippen LogP contribution in [-0.2, 0) is 6.42 Å². The minimum absolute atomic E-state index is 0.668. The highest BCUT2D eigenvalue weighted by atomic mass is 33.1. The summed E-state index contributed by atoms with van der Waals surface area (Å²) < 4.78 is 0. The fourth-order valence-electron chi connectivity index (χ4n) is 1.40. The van der Waals surface area contributed by atoms with Crippen LogP contribution in [0.25, 0.3) is 0 Å². The zero-order chi connectivity index (χ0) is 13.1. The molecule has 0 spiro atoms. The predicted molar refractivity (Wildman–Crippen MR) is 88.2 cm³/mol. The lowest BCUT2D eigenvalue weighted by Crippen LogP contribution is -1.79. The zero-order valence-corrected chi connectivity index (χ0v) is 12.8. The van der Waals surface area contributed by atoms with Gasteiger partial charge in [0.2, 0.25) is 0 Å². The molecule has 1 rings (SSSR count). The van der Waals surface area contributed by atoms with Gasteiger partial charge in [0.15, 0.2) is 0 Å². The minimum Gasteiger partial charge on any atom is -0.0897 e. The third kappa shape index (κ3) is 8.48. The van der Waals surface area contributed by atoms with E-state index >= 15 is 0 Å². The Bertz CT molecular complexity index is 353. The Balaban J connectivity index is 2.01. The van der Waals surface area contributed by atoms with Gasteiger partial charge in [0.05, 0.1) is 0 Å². The second-order valence-electron chi connectivity index (χ2n) is 4.40. The summed E-state index contributed by atoms with van der Waals surface area (Å²) in [5.74, 6) is 2.86. The van der Waals surface area contributed by atoms with E-state index in [1.165, 1.54) is 5.56 Å². The molecule has 0 N–H and O–H groups in total. The van der Waals surface area contributed by atoms with Crippen LogP contribution in [0.1, 0.15) is 19.4 Å². The molecule has 0 aromatic heterocycles. The van der Waals surface area contributed by atoms with Crippen LogP contribution >= 0.6 is 21.6 Å². The summed E-state index contributed by atoms with van der Waals surface area (Å²) in [4.78, 5) is 0. The first kappa shape index (κ1) is 15.5. The molecule has 0 atom stereocenters. The molecule has 0 nitrogen and oxygen atoms in total. The zero-order valence-electron chi connectivity index (χ0n) is 11.2. The van der Waals surface area contributed by atoms with Crippen LogP contribution < -0.4 is 0 Å². The van der Waals surface area contributed by atoms with E-state index in [1.54, 1.807) is 0 Å². The lowest BCUT2D eigenvalue weighted by atomic mass is 10.1. The van der Waals surface area contributed by atoms with E-state index in [9.17, 15) is 0 Å². The lowest BCUT2D eigenvalue weighted by Gasteiger charge is -1.96. The van der Waals surface area contributed by atoms with Crippen LogP contribution in [0, 0.1) is 5.92 Å². The van der Waals surface area contributed by atoms with E-state index in [-0.39, 0.29) is 0 Å². The van der Waals surface area contributed by atoms with Crippen molar-refractivity contribution in [2.45, 2.75) is 20.3 Å². The second-order valence-corrected chi connectivity index (χ2v) is 6.95. The van der Waals surface area contributed by atoms with Crippen LogP contribution in [-0.4, -0.2) is 11.5 Å². The molecule has 18 heavy (non-hydrogen) atoms. The van der Waals surface area contributed by atoms with Crippen molar-refractivity contribution in [3.8, 4) is 0 Å². The van der Waals surface area contributed by atoms with E-state index in [2.05, 4.69) is 68.5 Å². The van der Waals surface area contributed by atoms with Crippen molar-refractivity contribution in [1.29, 1.82) is 0 Å². The highest BCUT2D eigenvalue weighted by Crippen LogP contribution is 2.21. The maximum absolute atomic E-state index is 2.26. The van der Waals surface area contributed by atoms with Crippen molar-refractivity contribution < 1.29 is 0 Å². The monoisotopic (exact) mass is 278 g/mol. The number of allylic oxidation sites excluding steroid dienone is 2. The van der Waals surface area contributed by atoms with Crippen molar-refractivity contribution in [3.63, 3.8) is 0 Å². The fourth-order valence-corrected chi connectivity index (χ4v) is 3.05. The third-order valence-corrected chi connectivity index (χ3v) is 4.44. The fraction of sp³-hybridized carbons (Fsp3) is 0.375. The van der Waals surface area contributed by atoms with Gasteiger partial charge in [-0.1, -0.05) is 90.1 Å². The smallest absolute Gasteiger partial charge is 0.0218 e. The summed E-state index contributed by atoms with van der Waals surface area (Å²) >= 11 is 0. The summed E-state index contributed by atoms with van der Waals surface area (Å²) in [6.45, 7) is 4.42. The maximum Gasteiger partial charge on any atom is 0.0218 e. The molecule has 0 saturated carbocycles. The van der Waals surface area contributed by atoms with Gasteiger partial charge < -0.3 is 0 Å². The quantitative estimate of drug-likeness (QED) is 0.356. The summed E-state index contributed by atoms with van der Waals surface area (Å²) in [6.07, 6.45) is 10.1. The molecule has 0 radical (unpaired) electrons. The lowest BCUT2D eigenvalue weighted by molar-refractivity contribution is 0.830. The third-order valence-electron chi connectivity index (χ3n) is 2.30. The Hall–Kier alpha value is -0.600. The average molecular weight is 278 g/mol. The second kappa shape index (κ2) is 10.3. The topological polar surface area (TPSA) is 0 Å². The van der Waals surface area contributed by atoms with Crippen LogP contribution in [0.4, 0.5) is 0 Å². The molecule has 0 heterocycles. The van der Waals surface area contributed by atoms with E-state index in [0.717, 1.165) is 17.9 Å². The molecular weight excluding hydrogens is 256 g/mol. The van der Waals surface area contributed by atoms with Crippen molar-refractivity contribution in [2.75, 3.05) is 11.5 Å². The Labute approximate surface area is 119 Å². The molecule has 0 aliphatic rings. The van der Waals surface area contributed by atoms with Crippen molar-refractivity contribution in [1.82, 2.24) is 0 Å². The number of hydrogen-bond donors (Lipinski definition) is 0. The van der Waals surface area contributed by atoms with Gasteiger partial charge in [-0.15, -0.1) is 0 Å². The first-order chi connectivity index (χ1) is 8.79. The number of benzene rings is 1. The Morgan fingerprint density at radius 3 is 2.28 bits per heavy atom. The summed E-state index contributed by atoms with van der Waals surface area (Å²) in [6, 6.07) is 10.6. The summed E-state index contributed by atoms with van der Waals surface area (Å²) in [5, 5.41) is 0. The van der Waals surface area contributed by atoms with Gasteiger partial charge in [-0.05, 0) is 17.9 Å². The van der Waals surface area contributed by atoms with Gasteiger partial charge in [-0.25, -0.2) is 0 Å². The standard InChI is InChI=1S/C16H22S2/c1-15(2)9-8-14-18-17-13-7-6-12-16-10-4-3-5-11-16/h3-11,15H,12-14H2,1-2H3. The summed E-state index contributed by atoms with van der Waals surface area (Å²) in [7, 11) is 3.84. The van der Waals surface area contributed by atoms with Gasteiger partial charge in [0.25, 0.3) is 0 Å². The molecule has 0 fully saturated rings. The Kier molecular flexibility index (Phi) is 8.87. The van der Waals surface area contributed by atoms with Crippen LogP contribution in [0.15, 0.2) is 54.6 Å². The first-order valence-electron chi connectivity index (χ1n) is 6.39. The Morgan fingerprint density at radius 2 is 1.61 bits per heavy atom. The van der Waals surface area contributed by atoms with E-state index < -0.39 is 0 Å². The predicted octanol–water partition coefficient (Wildman–Crippen LogP) is 5.38. The number of rotatable bonds is 8. The molecule has 0 unspecified atom stereocenters. The highest BCUT2D eigenvalue weighted by molar-refractivity contribution is 8.76. The van der Waals surface area contributed by atoms with Gasteiger partial charge in [-0.3, -0.25) is 0 Å². The molecular formula is C16H22S2. The van der Waals surface area contributed by atoms with Crippen LogP contribution in [0.2, 0.25) is 0 Å². The van der Waals surface area contributed by atoms with Crippen LogP contribution in [0.5, 0.6) is 0 Å². The van der Waals surface area contributed by atoms with Crippen LogP contribution in [0.3, 0.4) is 0 Å². The first-order valence-corrected chi connectivity index (χ1v) is 8.88. The van der Waals surface area contributed by atoms with Crippen molar-refractivity contribution >= 4 is 21.6 Å². The minimum atomic E-state index is 0.668. The normalized spacial score (nSPS) is 11.9. The average Bonchev–Trinajstić information content (AvgIpc) is 2.37. The van der Waals surface area contributed by atoms with Gasteiger partial charge in [-0.2, -0.15) is 0 Å². The highest BCUT2D eigenvalue weighted by Gasteiger charge is 1.88. The Morgan fingerprint density at radius 1 is 0.944 bits per heavy atom. The molecule has 1 aromatic rings. The van der Waals surface area contributed by atoms with Gasteiger partial charge in [0, 0.05) is 11.5 Å². The molecule has 2 heteroatoms. The van der Waals surface area contributed by atoms with E-state index in [0.29, 0.717) is 5.92 Å². The maximum atomic E-state index is 2.26. The molecule has 0 bridgehead atoms. The molecule has 0 aliphatic carbocycles. The van der Waals surface area contributed by atoms with Gasteiger partial charge in [0.1, 0.15) is 0 Å². The molecule has 1 aromatic carbocycles.